The van der Waals surface area contributed by atoms with E-state index in [9.17, 15) is 18.0 Å². The summed E-state index contributed by atoms with van der Waals surface area (Å²) in [6.45, 7) is 7.77. The number of carbonyl (C=O) groups is 1. The Labute approximate surface area is 212 Å². The van der Waals surface area contributed by atoms with Crippen molar-refractivity contribution in [3.63, 3.8) is 0 Å². The molecule has 0 aliphatic rings. The van der Waals surface area contributed by atoms with E-state index < -0.39 is 12.0 Å². The molecule has 4 aromatic rings. The van der Waals surface area contributed by atoms with Crippen LogP contribution in [0.4, 0.5) is 13.2 Å². The molecule has 37 heavy (non-hydrogen) atoms. The van der Waals surface area contributed by atoms with Crippen molar-refractivity contribution in [2.45, 2.75) is 52.8 Å². The molecule has 0 bridgehead atoms. The van der Waals surface area contributed by atoms with Crippen LogP contribution in [0.2, 0.25) is 0 Å². The highest BCUT2D eigenvalue weighted by Crippen LogP contribution is 2.29. The Hall–Kier alpha value is -3.95. The summed E-state index contributed by atoms with van der Waals surface area (Å²) in [6.07, 6.45) is -2.89. The topological polar surface area (TPSA) is 67.5 Å². The number of esters is 1. The van der Waals surface area contributed by atoms with Crippen LogP contribution >= 0.6 is 0 Å². The first kappa shape index (κ1) is 26.1. The molecule has 0 saturated heterocycles. The molecule has 0 fully saturated rings. The predicted molar refractivity (Wildman–Crippen MR) is 132 cm³/mol. The standard InChI is InChI=1S/C27H28F3N3O4/c1-17-12-21(14-24-22(17)10-11-33(24)15-25(34)37-26(2,3)4)35-16-19-13-23(31-32(19)5)18-6-8-20(9-7-18)36-27(28,29)30/h6-14H,15-16H2,1-5H3. The van der Waals surface area contributed by atoms with E-state index in [1.54, 1.807) is 11.7 Å². The maximum atomic E-state index is 12.4. The summed E-state index contributed by atoms with van der Waals surface area (Å²) in [5.41, 5.74) is 3.30. The van der Waals surface area contributed by atoms with Crippen molar-refractivity contribution >= 4 is 16.9 Å². The number of halogens is 3. The van der Waals surface area contributed by atoms with E-state index in [2.05, 4.69) is 9.84 Å². The van der Waals surface area contributed by atoms with E-state index in [0.29, 0.717) is 17.0 Å². The quantitative estimate of drug-likeness (QED) is 0.276. The van der Waals surface area contributed by atoms with Gasteiger partial charge in [-0.25, -0.2) is 0 Å². The second-order valence-corrected chi connectivity index (χ2v) is 9.71. The minimum atomic E-state index is -4.74. The third-order valence-corrected chi connectivity index (χ3v) is 5.54. The molecule has 2 aromatic carbocycles. The van der Waals surface area contributed by atoms with Crippen molar-refractivity contribution in [1.29, 1.82) is 0 Å². The molecule has 0 saturated carbocycles. The Morgan fingerprint density at radius 2 is 1.70 bits per heavy atom. The fraction of sp³-hybridized carbons (Fsp3) is 0.333. The molecule has 10 heteroatoms. The Kier molecular flexibility index (Phi) is 6.94. The van der Waals surface area contributed by atoms with Gasteiger partial charge in [0.2, 0.25) is 0 Å². The smallest absolute Gasteiger partial charge is 0.487 e. The minimum absolute atomic E-state index is 0.0849. The molecule has 0 unspecified atom stereocenters. The lowest BCUT2D eigenvalue weighted by Crippen LogP contribution is -2.26. The van der Waals surface area contributed by atoms with Crippen LogP contribution in [0.15, 0.2) is 54.7 Å². The molecule has 0 aliphatic heterocycles. The zero-order valence-corrected chi connectivity index (χ0v) is 21.2. The lowest BCUT2D eigenvalue weighted by atomic mass is 10.1. The van der Waals surface area contributed by atoms with Crippen molar-refractivity contribution in [3.05, 3.63) is 66.0 Å². The van der Waals surface area contributed by atoms with Crippen LogP contribution in [-0.4, -0.2) is 32.3 Å². The minimum Gasteiger partial charge on any atom is -0.487 e. The number of aromatic nitrogens is 3. The summed E-state index contributed by atoms with van der Waals surface area (Å²) in [5, 5.41) is 5.46. The fourth-order valence-electron chi connectivity index (χ4n) is 3.95. The van der Waals surface area contributed by atoms with Crippen LogP contribution in [0.25, 0.3) is 22.2 Å². The summed E-state index contributed by atoms with van der Waals surface area (Å²) in [6, 6.07) is 13.1. The van der Waals surface area contributed by atoms with E-state index in [1.165, 1.54) is 24.3 Å². The number of nitrogens with zero attached hydrogens (tertiary/aromatic N) is 3. The summed E-state index contributed by atoms with van der Waals surface area (Å²) in [7, 11) is 1.77. The lowest BCUT2D eigenvalue weighted by Gasteiger charge is -2.20. The van der Waals surface area contributed by atoms with Gasteiger partial charge in [0, 0.05) is 30.3 Å². The first-order valence-electron chi connectivity index (χ1n) is 11.6. The third kappa shape index (κ3) is 6.63. The molecule has 7 nitrogen and oxygen atoms in total. The van der Waals surface area contributed by atoms with E-state index >= 15 is 0 Å². The van der Waals surface area contributed by atoms with Crippen LogP contribution in [0, 0.1) is 6.92 Å². The Morgan fingerprint density at radius 3 is 2.35 bits per heavy atom. The van der Waals surface area contributed by atoms with Gasteiger partial charge in [0.15, 0.2) is 0 Å². The van der Waals surface area contributed by atoms with E-state index in [4.69, 9.17) is 9.47 Å². The molecule has 2 heterocycles. The van der Waals surface area contributed by atoms with Crippen LogP contribution in [-0.2, 0) is 29.7 Å². The highest BCUT2D eigenvalue weighted by atomic mass is 19.4. The monoisotopic (exact) mass is 515 g/mol. The highest BCUT2D eigenvalue weighted by molar-refractivity contribution is 5.86. The van der Waals surface area contributed by atoms with Crippen molar-refractivity contribution < 1.29 is 32.2 Å². The number of alkyl halides is 3. The molecule has 4 rings (SSSR count). The van der Waals surface area contributed by atoms with Gasteiger partial charge >= 0.3 is 12.3 Å². The summed E-state index contributed by atoms with van der Waals surface area (Å²) in [5.74, 6) is 0.0119. The van der Waals surface area contributed by atoms with E-state index in [-0.39, 0.29) is 24.9 Å². The van der Waals surface area contributed by atoms with Gasteiger partial charge in [-0.15, -0.1) is 13.2 Å². The molecule has 0 radical (unpaired) electrons. The largest absolute Gasteiger partial charge is 0.573 e. The zero-order valence-electron chi connectivity index (χ0n) is 21.2. The number of hydrogen-bond acceptors (Lipinski definition) is 5. The fourth-order valence-corrected chi connectivity index (χ4v) is 3.95. The first-order chi connectivity index (χ1) is 17.3. The molecule has 0 N–H and O–H groups in total. The Bertz CT molecular complexity index is 1410. The molecule has 0 atom stereocenters. The van der Waals surface area contributed by atoms with Crippen LogP contribution in [0.3, 0.4) is 0 Å². The number of aryl methyl sites for hydroxylation is 2. The number of hydrogen-bond donors (Lipinski definition) is 0. The molecule has 0 amide bonds. The average Bonchev–Trinajstić information content (AvgIpc) is 3.34. The third-order valence-electron chi connectivity index (χ3n) is 5.54. The van der Waals surface area contributed by atoms with Gasteiger partial charge in [0.25, 0.3) is 0 Å². The van der Waals surface area contributed by atoms with Gasteiger partial charge in [-0.1, -0.05) is 0 Å². The van der Waals surface area contributed by atoms with Gasteiger partial charge in [-0.2, -0.15) is 5.10 Å². The van der Waals surface area contributed by atoms with Crippen LogP contribution < -0.4 is 9.47 Å². The van der Waals surface area contributed by atoms with E-state index in [1.807, 2.05) is 62.7 Å². The van der Waals surface area contributed by atoms with Gasteiger partial charge in [0.1, 0.15) is 30.3 Å². The second kappa shape index (κ2) is 9.84. The Balaban J connectivity index is 1.48. The van der Waals surface area contributed by atoms with Gasteiger partial charge in [-0.3, -0.25) is 9.48 Å². The maximum Gasteiger partial charge on any atom is 0.573 e. The highest BCUT2D eigenvalue weighted by Gasteiger charge is 2.31. The molecule has 2 aromatic heterocycles. The number of ether oxygens (including phenoxy) is 3. The van der Waals surface area contributed by atoms with Gasteiger partial charge in [0.05, 0.1) is 16.9 Å². The maximum absolute atomic E-state index is 12.4. The summed E-state index contributed by atoms with van der Waals surface area (Å²) < 4.78 is 56.1. The van der Waals surface area contributed by atoms with Crippen LogP contribution in [0.1, 0.15) is 32.0 Å². The SMILES string of the molecule is Cc1cc(OCc2cc(-c3ccc(OC(F)(F)F)cc3)nn2C)cc2c1ccn2CC(=O)OC(C)(C)C. The zero-order chi connectivity index (χ0) is 27.0. The van der Waals surface area contributed by atoms with Gasteiger partial charge < -0.3 is 18.8 Å². The van der Waals surface area contributed by atoms with Crippen molar-refractivity contribution in [1.82, 2.24) is 14.3 Å². The predicted octanol–water partition coefficient (Wildman–Crippen LogP) is 6.17. The first-order valence-corrected chi connectivity index (χ1v) is 11.6. The number of fused-ring (bicyclic) bond motifs is 1. The molecule has 0 spiro atoms. The van der Waals surface area contributed by atoms with Gasteiger partial charge in [-0.05, 0) is 75.7 Å². The average molecular weight is 516 g/mol. The molecule has 0 aliphatic carbocycles. The van der Waals surface area contributed by atoms with E-state index in [0.717, 1.165) is 22.2 Å². The number of carbonyl (C=O) groups excluding carboxylic acids is 1. The normalized spacial score (nSPS) is 12.1. The Morgan fingerprint density at radius 1 is 1.00 bits per heavy atom. The second-order valence-electron chi connectivity index (χ2n) is 9.71. The summed E-state index contributed by atoms with van der Waals surface area (Å²) in [4.78, 5) is 12.3. The van der Waals surface area contributed by atoms with Crippen molar-refractivity contribution in [2.24, 2.45) is 7.05 Å². The lowest BCUT2D eigenvalue weighted by molar-refractivity contribution is -0.274. The van der Waals surface area contributed by atoms with Crippen molar-refractivity contribution in [3.8, 4) is 22.8 Å². The number of rotatable bonds is 7. The molecular formula is C27H28F3N3O4. The summed E-state index contributed by atoms with van der Waals surface area (Å²) >= 11 is 0. The van der Waals surface area contributed by atoms with Crippen molar-refractivity contribution in [2.75, 3.05) is 0 Å². The number of benzene rings is 2. The van der Waals surface area contributed by atoms with Crippen LogP contribution in [0.5, 0.6) is 11.5 Å². The molecular weight excluding hydrogens is 487 g/mol. The molecule has 196 valence electrons.